The highest BCUT2D eigenvalue weighted by molar-refractivity contribution is 7.92. The highest BCUT2D eigenvalue weighted by atomic mass is 35.5. The number of amides is 1. The van der Waals surface area contributed by atoms with Gasteiger partial charge in [0.25, 0.3) is 11.1 Å². The van der Waals surface area contributed by atoms with Crippen molar-refractivity contribution in [2.45, 2.75) is 96.5 Å². The number of halogens is 2. The molecule has 368 valence electrons. The standard InChI is InChI=1S/C22H25N5O4S.C15H16N2O5S.C7H11N3.CH4.2ClH/c1-15-7-9-20(26-32(30,31)14-16-5-3-2-4-6-16)22(29)27(15)13-21(28)24-18-8-10-19-17(11-18)12-23-25-19;1-11-7-8-13(15(20)17(11)9-14(18)19)16-23(21,22)10-12-5-3-2-4-6-12;8-6-1-2-7-5(3-6)4-9-10-7;;;/h2-7,9,12,18,26H,8,10-11,13-14H2,1H3,(H,23,25)(H,24,28);2-8,16H,9-10H2,1H3,(H,18,19);4,6H,1-3,8H2,(H,9,10);1H4;2*1H. The smallest absolute Gasteiger partial charge is 0.323 e. The number of carbonyl (C=O) groups excluding carboxylic acids is 1. The number of aliphatic carboxylic acids is 1. The van der Waals surface area contributed by atoms with Crippen molar-refractivity contribution in [1.29, 1.82) is 0 Å². The number of nitrogens with two attached hydrogens (primary N) is 1. The van der Waals surface area contributed by atoms with Crippen LogP contribution in [0.3, 0.4) is 0 Å². The van der Waals surface area contributed by atoms with Gasteiger partial charge in [0.1, 0.15) is 24.5 Å². The Morgan fingerprint density at radius 2 is 1.13 bits per heavy atom. The number of aryl methyl sites for hydroxylation is 4. The summed E-state index contributed by atoms with van der Waals surface area (Å²) in [6, 6.07) is 23.4. The molecule has 8 N–H and O–H groups in total. The second kappa shape index (κ2) is 25.2. The van der Waals surface area contributed by atoms with Crippen molar-refractivity contribution >= 4 is 68.1 Å². The van der Waals surface area contributed by atoms with Crippen LogP contribution in [0.15, 0.2) is 107 Å². The SMILES string of the molecule is C.Cc1ccc(NS(=O)(=O)Cc2ccccc2)c(=O)n1CC(=O)NC1CCc2[nH]ncc2C1.Cc1ccc(NS(=O)(=O)Cc2ccccc2)c(=O)n1CC(=O)O.Cl.Cl.NC1CCc2[nH]ncc2C1. The van der Waals surface area contributed by atoms with E-state index in [0.29, 0.717) is 35.0 Å². The van der Waals surface area contributed by atoms with Crippen molar-refractivity contribution in [3.63, 3.8) is 0 Å². The Morgan fingerprint density at radius 1 is 0.691 bits per heavy atom. The fourth-order valence-corrected chi connectivity index (χ4v) is 9.81. The Morgan fingerprint density at radius 3 is 1.60 bits per heavy atom. The number of sulfonamides is 2. The monoisotopic (exact) mass is 1020 g/mol. The number of nitrogens with zero attached hydrogens (tertiary/aromatic N) is 4. The van der Waals surface area contributed by atoms with Gasteiger partial charge in [-0.15, -0.1) is 24.8 Å². The van der Waals surface area contributed by atoms with Crippen molar-refractivity contribution < 1.29 is 31.5 Å². The Labute approximate surface area is 407 Å². The second-order valence-electron chi connectivity index (χ2n) is 15.9. The van der Waals surface area contributed by atoms with Crippen molar-refractivity contribution in [1.82, 2.24) is 34.8 Å². The molecule has 2 aliphatic carbocycles. The zero-order valence-corrected chi connectivity index (χ0v) is 39.9. The molecule has 4 aromatic heterocycles. The molecule has 0 saturated heterocycles. The Kier molecular flexibility index (Phi) is 20.8. The number of anilines is 2. The summed E-state index contributed by atoms with van der Waals surface area (Å²) in [7, 11) is -7.57. The normalized spacial score (nSPS) is 14.8. The number of hydrogen-bond acceptors (Lipinski definition) is 11. The first-order chi connectivity index (χ1) is 30.9. The quantitative estimate of drug-likeness (QED) is 0.0849. The molecule has 4 heterocycles. The number of carboxylic acid groups (broad SMARTS) is 1. The van der Waals surface area contributed by atoms with E-state index < -0.39 is 43.7 Å². The number of pyridine rings is 2. The number of carbonyl (C=O) groups is 2. The van der Waals surface area contributed by atoms with Crippen LogP contribution in [0.2, 0.25) is 0 Å². The van der Waals surface area contributed by atoms with Gasteiger partial charge in [0, 0.05) is 34.9 Å². The summed E-state index contributed by atoms with van der Waals surface area (Å²) >= 11 is 0. The van der Waals surface area contributed by atoms with Crippen molar-refractivity contribution in [2.24, 2.45) is 5.73 Å². The van der Waals surface area contributed by atoms with Crippen molar-refractivity contribution in [3.05, 3.63) is 163 Å². The lowest BCUT2D eigenvalue weighted by atomic mass is 9.93. The van der Waals surface area contributed by atoms with Gasteiger partial charge in [0.05, 0.1) is 23.9 Å². The molecule has 0 aliphatic heterocycles. The molecule has 19 nitrogen and oxygen atoms in total. The van der Waals surface area contributed by atoms with Crippen molar-refractivity contribution in [2.75, 3.05) is 9.44 Å². The van der Waals surface area contributed by atoms with E-state index in [9.17, 15) is 36.0 Å². The molecular formula is C45H58Cl2N10O9S2. The highest BCUT2D eigenvalue weighted by Crippen LogP contribution is 2.20. The predicted octanol–water partition coefficient (Wildman–Crippen LogP) is 4.38. The van der Waals surface area contributed by atoms with E-state index >= 15 is 0 Å². The molecule has 2 unspecified atom stereocenters. The lowest BCUT2D eigenvalue weighted by Crippen LogP contribution is -2.42. The van der Waals surface area contributed by atoms with Gasteiger partial charge in [-0.3, -0.25) is 43.4 Å². The molecule has 0 radical (unpaired) electrons. The van der Waals surface area contributed by atoms with Crippen LogP contribution in [-0.2, 0) is 79.9 Å². The number of aromatic nitrogens is 6. The Balaban J connectivity index is 0.000000297. The number of nitrogens with one attached hydrogen (secondary N) is 5. The van der Waals surface area contributed by atoms with E-state index in [0.717, 1.165) is 47.9 Å². The number of rotatable bonds is 13. The molecule has 1 amide bonds. The fourth-order valence-electron chi connectivity index (χ4n) is 7.42. The third-order valence-electron chi connectivity index (χ3n) is 10.7. The van der Waals surface area contributed by atoms with Crippen LogP contribution in [0.5, 0.6) is 0 Å². The third-order valence-corrected chi connectivity index (χ3v) is 13.2. The first-order valence-corrected chi connectivity index (χ1v) is 24.0. The molecular weight excluding hydrogens is 960 g/mol. The number of carboxylic acids is 1. The zero-order valence-electron chi connectivity index (χ0n) is 36.7. The summed E-state index contributed by atoms with van der Waals surface area (Å²) in [5, 5.41) is 25.7. The van der Waals surface area contributed by atoms with Crippen LogP contribution in [0.1, 0.15) is 65.3 Å². The van der Waals surface area contributed by atoms with Gasteiger partial charge in [0.2, 0.25) is 26.0 Å². The molecule has 23 heteroatoms. The molecule has 0 fully saturated rings. The van der Waals surface area contributed by atoms with Crippen molar-refractivity contribution in [3.8, 4) is 0 Å². The summed E-state index contributed by atoms with van der Waals surface area (Å²) < 4.78 is 56.3. The number of benzene rings is 2. The van der Waals surface area contributed by atoms with Gasteiger partial charge in [-0.05, 0) is 98.9 Å². The molecule has 8 rings (SSSR count). The topological polar surface area (TPSA) is 286 Å². The first-order valence-electron chi connectivity index (χ1n) is 20.7. The van der Waals surface area contributed by atoms with E-state index in [1.165, 1.54) is 34.0 Å². The van der Waals surface area contributed by atoms with Gasteiger partial charge in [-0.1, -0.05) is 68.1 Å². The minimum Gasteiger partial charge on any atom is -0.480 e. The molecule has 68 heavy (non-hydrogen) atoms. The summed E-state index contributed by atoms with van der Waals surface area (Å²) in [4.78, 5) is 48.6. The number of aromatic amines is 2. The fraction of sp³-hybridized carbons (Fsp3) is 0.333. The average molecular weight is 1020 g/mol. The molecule has 6 aromatic rings. The number of H-pyrrole nitrogens is 2. The number of hydrogen-bond donors (Lipinski definition) is 7. The van der Waals surface area contributed by atoms with Gasteiger partial charge in [0.15, 0.2) is 0 Å². The summed E-state index contributed by atoms with van der Waals surface area (Å²) in [5.74, 6) is -2.00. The van der Waals surface area contributed by atoms with Crippen LogP contribution >= 0.6 is 24.8 Å². The molecule has 2 atom stereocenters. The summed E-state index contributed by atoms with van der Waals surface area (Å²) in [6.45, 7) is 2.56. The van der Waals surface area contributed by atoms with E-state index in [1.54, 1.807) is 86.8 Å². The Hall–Kier alpha value is -6.26. The van der Waals surface area contributed by atoms with E-state index in [2.05, 4.69) is 35.2 Å². The number of fused-ring (bicyclic) bond motifs is 2. The summed E-state index contributed by atoms with van der Waals surface area (Å²) in [5.41, 5.74) is 11.2. The van der Waals surface area contributed by atoms with Crippen LogP contribution < -0.4 is 31.6 Å². The predicted molar refractivity (Wildman–Crippen MR) is 266 cm³/mol. The lowest BCUT2D eigenvalue weighted by molar-refractivity contribution is -0.137. The maximum Gasteiger partial charge on any atom is 0.323 e. The molecule has 0 bridgehead atoms. The average Bonchev–Trinajstić information content (AvgIpc) is 3.93. The molecule has 0 spiro atoms. The maximum atomic E-state index is 12.9. The first kappa shape index (κ1) is 56.1. The maximum absolute atomic E-state index is 12.9. The molecule has 0 saturated carbocycles. The largest absolute Gasteiger partial charge is 0.480 e. The van der Waals surface area contributed by atoms with Gasteiger partial charge >= 0.3 is 5.97 Å². The lowest BCUT2D eigenvalue weighted by Gasteiger charge is -2.23. The van der Waals surface area contributed by atoms with Gasteiger partial charge in [-0.25, -0.2) is 16.8 Å². The van der Waals surface area contributed by atoms with E-state index in [4.69, 9.17) is 10.8 Å². The minimum absolute atomic E-state index is 0. The van der Waals surface area contributed by atoms with Crippen LogP contribution in [0, 0.1) is 13.8 Å². The third kappa shape index (κ3) is 15.9. The zero-order chi connectivity index (χ0) is 46.7. The van der Waals surface area contributed by atoms with E-state index in [-0.39, 0.29) is 73.6 Å². The second-order valence-corrected chi connectivity index (χ2v) is 19.3. The van der Waals surface area contributed by atoms with Crippen LogP contribution in [0.4, 0.5) is 11.4 Å². The van der Waals surface area contributed by atoms with Crippen LogP contribution in [0.25, 0.3) is 0 Å². The van der Waals surface area contributed by atoms with E-state index in [1.807, 2.05) is 6.20 Å². The highest BCUT2D eigenvalue weighted by Gasteiger charge is 2.23. The van der Waals surface area contributed by atoms with Gasteiger partial charge < -0.3 is 20.7 Å². The molecule has 2 aliphatic rings. The minimum atomic E-state index is -3.79. The van der Waals surface area contributed by atoms with Crippen LogP contribution in [-0.4, -0.2) is 75.4 Å². The molecule has 2 aromatic carbocycles. The Bertz CT molecular complexity index is 2960. The van der Waals surface area contributed by atoms with Gasteiger partial charge in [-0.2, -0.15) is 10.2 Å². The summed E-state index contributed by atoms with van der Waals surface area (Å²) in [6.07, 6.45) is 9.08.